The van der Waals surface area contributed by atoms with Gasteiger partial charge in [0.15, 0.2) is 0 Å². The van der Waals surface area contributed by atoms with Crippen molar-refractivity contribution in [2.45, 2.75) is 156 Å². The molecule has 4 rings (SSSR count). The number of fused-ring (bicyclic) bond motifs is 5. The minimum Gasteiger partial charge on any atom is -0.393 e. The standard InChI is InChI=1S/C39H75N3O4S/c1-28(2)30(27-47(44,45)46)14-13-29(3)33-15-16-34-37-35(18-20-39(33,34)5)38(4)19-17-32(25-31(38)26-36(37)43)42-24-12-23-41-22-11-9-7-6-8-10-21-40/h28-37,41-43H,6-27,40H2,1-5H3,(H,44,45,46)/t29-,30+,31-,32+,33-,34+,35+,36-,37+,38+,39-/m1/s1. The second kappa shape index (κ2) is 17.8. The molecule has 47 heavy (non-hydrogen) atoms. The first-order valence-corrected chi connectivity index (χ1v) is 21.7. The van der Waals surface area contributed by atoms with Crippen LogP contribution in [0, 0.1) is 58.2 Å². The monoisotopic (exact) mass is 682 g/mol. The Balaban J connectivity index is 1.23. The molecular formula is C39H75N3O4S. The van der Waals surface area contributed by atoms with Gasteiger partial charge in [-0.05, 0) is 161 Å². The van der Waals surface area contributed by atoms with Gasteiger partial charge in [0.1, 0.15) is 0 Å². The van der Waals surface area contributed by atoms with Gasteiger partial charge in [0.05, 0.1) is 11.9 Å². The van der Waals surface area contributed by atoms with Crippen LogP contribution in [0.25, 0.3) is 0 Å². The van der Waals surface area contributed by atoms with Gasteiger partial charge in [0, 0.05) is 6.04 Å². The molecule has 0 aromatic carbocycles. The van der Waals surface area contributed by atoms with E-state index in [0.717, 1.165) is 45.4 Å². The normalized spacial score (nSPS) is 36.9. The number of aliphatic hydroxyl groups excluding tert-OH is 1. The van der Waals surface area contributed by atoms with E-state index in [1.807, 2.05) is 0 Å². The van der Waals surface area contributed by atoms with E-state index in [9.17, 15) is 18.1 Å². The average Bonchev–Trinajstić information content (AvgIpc) is 3.36. The highest BCUT2D eigenvalue weighted by Gasteiger charge is 2.62. The summed E-state index contributed by atoms with van der Waals surface area (Å²) in [4.78, 5) is 0. The summed E-state index contributed by atoms with van der Waals surface area (Å²) in [5.41, 5.74) is 6.19. The van der Waals surface area contributed by atoms with Crippen LogP contribution in [0.2, 0.25) is 0 Å². The maximum Gasteiger partial charge on any atom is 0.265 e. The van der Waals surface area contributed by atoms with Crippen molar-refractivity contribution in [2.75, 3.05) is 31.9 Å². The topological polar surface area (TPSA) is 125 Å². The van der Waals surface area contributed by atoms with Crippen molar-refractivity contribution < 1.29 is 18.1 Å². The molecule has 0 aliphatic heterocycles. The molecule has 276 valence electrons. The van der Waals surface area contributed by atoms with Crippen molar-refractivity contribution >= 4 is 10.1 Å². The molecule has 0 amide bonds. The van der Waals surface area contributed by atoms with Crippen LogP contribution in [0.4, 0.5) is 0 Å². The van der Waals surface area contributed by atoms with Crippen molar-refractivity contribution in [1.29, 1.82) is 0 Å². The van der Waals surface area contributed by atoms with Crippen molar-refractivity contribution in [3.05, 3.63) is 0 Å². The molecule has 7 nitrogen and oxygen atoms in total. The lowest BCUT2D eigenvalue weighted by atomic mass is 9.43. The molecule has 4 aliphatic carbocycles. The molecule has 4 saturated carbocycles. The zero-order valence-corrected chi connectivity index (χ0v) is 31.8. The summed E-state index contributed by atoms with van der Waals surface area (Å²) < 4.78 is 32.8. The van der Waals surface area contributed by atoms with Crippen LogP contribution < -0.4 is 16.4 Å². The largest absolute Gasteiger partial charge is 0.393 e. The van der Waals surface area contributed by atoms with Gasteiger partial charge in [0.2, 0.25) is 0 Å². The van der Waals surface area contributed by atoms with Crippen LogP contribution in [-0.2, 0) is 10.1 Å². The van der Waals surface area contributed by atoms with Crippen LogP contribution in [-0.4, -0.2) is 62.2 Å². The fourth-order valence-corrected chi connectivity index (χ4v) is 12.8. The highest BCUT2D eigenvalue weighted by atomic mass is 32.2. The molecule has 4 aliphatic rings. The van der Waals surface area contributed by atoms with Gasteiger partial charge in [-0.2, -0.15) is 8.42 Å². The summed E-state index contributed by atoms with van der Waals surface area (Å²) in [5.74, 6) is 3.55. The predicted octanol–water partition coefficient (Wildman–Crippen LogP) is 7.43. The van der Waals surface area contributed by atoms with Crippen molar-refractivity contribution in [3.63, 3.8) is 0 Å². The Morgan fingerprint density at radius 3 is 2.17 bits per heavy atom. The third-order valence-corrected chi connectivity index (χ3v) is 15.4. The quantitative estimate of drug-likeness (QED) is 0.0669. The van der Waals surface area contributed by atoms with Crippen molar-refractivity contribution in [1.82, 2.24) is 10.6 Å². The van der Waals surface area contributed by atoms with E-state index < -0.39 is 10.1 Å². The van der Waals surface area contributed by atoms with E-state index in [4.69, 9.17) is 5.73 Å². The Labute approximate surface area is 289 Å². The Morgan fingerprint density at radius 1 is 0.809 bits per heavy atom. The van der Waals surface area contributed by atoms with E-state index in [1.165, 1.54) is 89.9 Å². The number of aliphatic hydroxyl groups is 1. The number of nitrogens with two attached hydrogens (primary N) is 1. The van der Waals surface area contributed by atoms with Gasteiger partial charge < -0.3 is 21.5 Å². The highest BCUT2D eigenvalue weighted by Crippen LogP contribution is 2.68. The number of rotatable bonds is 20. The molecule has 0 aromatic rings. The molecule has 4 fully saturated rings. The fraction of sp³-hybridized carbons (Fsp3) is 1.00. The molecule has 0 bridgehead atoms. The Bertz CT molecular complexity index is 1040. The molecule has 0 saturated heterocycles. The number of hydrogen-bond donors (Lipinski definition) is 5. The minimum absolute atomic E-state index is 0.00304. The summed E-state index contributed by atoms with van der Waals surface area (Å²) in [6.45, 7) is 15.8. The van der Waals surface area contributed by atoms with Crippen LogP contribution in [0.3, 0.4) is 0 Å². The minimum atomic E-state index is -3.96. The second-order valence-electron chi connectivity index (χ2n) is 17.8. The number of nitrogens with one attached hydrogen (secondary N) is 2. The summed E-state index contributed by atoms with van der Waals surface area (Å²) in [6.07, 6.45) is 20.3. The van der Waals surface area contributed by atoms with E-state index in [0.29, 0.717) is 47.0 Å². The molecule has 0 heterocycles. The smallest absolute Gasteiger partial charge is 0.265 e. The third kappa shape index (κ3) is 10.2. The van der Waals surface area contributed by atoms with Crippen molar-refractivity contribution in [3.8, 4) is 0 Å². The summed E-state index contributed by atoms with van der Waals surface area (Å²) in [5, 5.41) is 19.4. The van der Waals surface area contributed by atoms with E-state index >= 15 is 0 Å². The predicted molar refractivity (Wildman–Crippen MR) is 196 cm³/mol. The molecule has 8 heteroatoms. The Kier molecular flexibility index (Phi) is 15.0. The third-order valence-electron chi connectivity index (χ3n) is 14.6. The highest BCUT2D eigenvalue weighted by molar-refractivity contribution is 7.85. The van der Waals surface area contributed by atoms with Gasteiger partial charge >= 0.3 is 0 Å². The van der Waals surface area contributed by atoms with Crippen LogP contribution in [0.15, 0.2) is 0 Å². The first kappa shape index (κ1) is 39.5. The van der Waals surface area contributed by atoms with Gasteiger partial charge in [-0.1, -0.05) is 66.7 Å². The van der Waals surface area contributed by atoms with E-state index in [2.05, 4.69) is 45.3 Å². The van der Waals surface area contributed by atoms with Crippen LogP contribution in [0.5, 0.6) is 0 Å². The fourth-order valence-electron chi connectivity index (χ4n) is 11.7. The van der Waals surface area contributed by atoms with Gasteiger partial charge in [-0.3, -0.25) is 4.55 Å². The summed E-state index contributed by atoms with van der Waals surface area (Å²) in [6, 6.07) is 0.589. The van der Waals surface area contributed by atoms with E-state index in [1.54, 1.807) is 0 Å². The van der Waals surface area contributed by atoms with E-state index in [-0.39, 0.29) is 29.1 Å². The number of unbranched alkanes of at least 4 members (excludes halogenated alkanes) is 5. The molecular weight excluding hydrogens is 607 g/mol. The van der Waals surface area contributed by atoms with Crippen LogP contribution in [0.1, 0.15) is 144 Å². The maximum atomic E-state index is 11.9. The van der Waals surface area contributed by atoms with Crippen LogP contribution >= 0.6 is 0 Å². The molecule has 0 unspecified atom stereocenters. The molecule has 0 radical (unpaired) electrons. The number of hydrogen-bond acceptors (Lipinski definition) is 6. The zero-order chi connectivity index (χ0) is 34.2. The van der Waals surface area contributed by atoms with Gasteiger partial charge in [-0.25, -0.2) is 0 Å². The van der Waals surface area contributed by atoms with Gasteiger partial charge in [0.25, 0.3) is 10.1 Å². The first-order valence-electron chi connectivity index (χ1n) is 20.1. The SMILES string of the molecule is CC(C)[C@@H](CC[C@@H](C)[C@H]1CC[C@H]2[C@@H]3[C@H](O)C[C@H]4C[C@@H](NCCCNCCCCCCCCN)CC[C@]4(C)[C@H]3CC[C@]12C)CS(=O)(=O)O. The summed E-state index contributed by atoms with van der Waals surface area (Å²) >= 11 is 0. The maximum absolute atomic E-state index is 11.9. The lowest BCUT2D eigenvalue weighted by Crippen LogP contribution is -2.59. The lowest BCUT2D eigenvalue weighted by Gasteiger charge is -2.62. The second-order valence-corrected chi connectivity index (χ2v) is 19.3. The lowest BCUT2D eigenvalue weighted by molar-refractivity contribution is -0.167. The molecule has 11 atom stereocenters. The first-order chi connectivity index (χ1) is 22.3. The Morgan fingerprint density at radius 2 is 1.47 bits per heavy atom. The molecule has 0 aromatic heterocycles. The summed E-state index contributed by atoms with van der Waals surface area (Å²) in [7, 11) is -3.96. The molecule has 6 N–H and O–H groups in total. The zero-order valence-electron chi connectivity index (χ0n) is 31.0. The van der Waals surface area contributed by atoms with Gasteiger partial charge in [-0.15, -0.1) is 0 Å². The van der Waals surface area contributed by atoms with Crippen molar-refractivity contribution in [2.24, 2.45) is 63.9 Å². The Hall–Kier alpha value is -0.250. The average molecular weight is 682 g/mol. The molecule has 0 spiro atoms.